The van der Waals surface area contributed by atoms with Crippen LogP contribution < -0.4 is 4.74 Å². The summed E-state index contributed by atoms with van der Waals surface area (Å²) in [5.74, 6) is 2.29. The number of ether oxygens (including phenoxy) is 2. The molecule has 0 aromatic heterocycles. The number of Topliss-reactive ketones (excluding diaryl/α,β-unsaturated/α-hetero) is 2. The van der Waals surface area contributed by atoms with E-state index < -0.39 is 0 Å². The van der Waals surface area contributed by atoms with Gasteiger partial charge in [0.05, 0.1) is 25.4 Å². The zero-order valence-corrected chi connectivity index (χ0v) is 16.4. The molecular weight excluding hydrogens is 368 g/mol. The van der Waals surface area contributed by atoms with Crippen molar-refractivity contribution in [2.24, 2.45) is 17.8 Å². The van der Waals surface area contributed by atoms with Gasteiger partial charge in [0.15, 0.2) is 11.6 Å². The van der Waals surface area contributed by atoms with E-state index in [1.54, 1.807) is 18.2 Å². The predicted octanol–water partition coefficient (Wildman–Crippen LogP) is 3.97. The summed E-state index contributed by atoms with van der Waals surface area (Å²) in [5.41, 5.74) is 2.99. The first-order valence-electron chi connectivity index (χ1n) is 10.3. The second-order valence-electron chi connectivity index (χ2n) is 8.33. The van der Waals surface area contributed by atoms with Gasteiger partial charge >= 0.3 is 0 Å². The lowest BCUT2D eigenvalue weighted by atomic mass is 9.88. The number of phenolic OH excluding ortho intramolecular Hbond substituents is 1. The number of aromatic hydroxyl groups is 1. The molecule has 0 amide bonds. The molecule has 1 N–H and O–H groups in total. The van der Waals surface area contributed by atoms with Gasteiger partial charge in [0.2, 0.25) is 0 Å². The zero-order valence-electron chi connectivity index (χ0n) is 16.4. The summed E-state index contributed by atoms with van der Waals surface area (Å²) >= 11 is 0. The van der Waals surface area contributed by atoms with E-state index in [0.29, 0.717) is 54.1 Å². The van der Waals surface area contributed by atoms with E-state index in [1.807, 2.05) is 25.1 Å². The Kier molecular flexibility index (Phi) is 4.43. The highest BCUT2D eigenvalue weighted by Crippen LogP contribution is 2.53. The number of hydrogen-bond acceptors (Lipinski definition) is 5. The van der Waals surface area contributed by atoms with Crippen LogP contribution in [0.5, 0.6) is 11.5 Å². The molecule has 29 heavy (non-hydrogen) atoms. The maximum absolute atomic E-state index is 13.1. The molecule has 2 aliphatic heterocycles. The molecule has 5 rings (SSSR count). The fourth-order valence-corrected chi connectivity index (χ4v) is 4.86. The zero-order chi connectivity index (χ0) is 20.1. The van der Waals surface area contributed by atoms with Gasteiger partial charge in [-0.05, 0) is 47.6 Å². The van der Waals surface area contributed by atoms with Crippen molar-refractivity contribution in [2.75, 3.05) is 19.8 Å². The Morgan fingerprint density at radius 1 is 1.03 bits per heavy atom. The molecule has 0 spiro atoms. The Bertz CT molecular complexity index is 968. The van der Waals surface area contributed by atoms with Crippen LogP contribution in [0.4, 0.5) is 0 Å². The van der Waals surface area contributed by atoms with E-state index in [2.05, 4.69) is 0 Å². The van der Waals surface area contributed by atoms with Crippen molar-refractivity contribution in [3.05, 3.63) is 58.7 Å². The van der Waals surface area contributed by atoms with Crippen LogP contribution >= 0.6 is 0 Å². The smallest absolute Gasteiger partial charge is 0.166 e. The monoisotopic (exact) mass is 392 g/mol. The molecule has 5 heteroatoms. The summed E-state index contributed by atoms with van der Waals surface area (Å²) < 4.78 is 11.4. The molecular formula is C24H24O5. The van der Waals surface area contributed by atoms with Crippen LogP contribution in [0.15, 0.2) is 36.4 Å². The van der Waals surface area contributed by atoms with Crippen LogP contribution in [0, 0.1) is 17.8 Å². The lowest BCUT2D eigenvalue weighted by Crippen LogP contribution is -2.09. The molecule has 1 saturated heterocycles. The SMILES string of the molecule is CCC(=O)c1cc(C(=O)CC2[C@H]3COC[C@@H]23)cc2c1OCC2c1ccc(O)cc1. The third kappa shape index (κ3) is 3.14. The van der Waals surface area contributed by atoms with Crippen LogP contribution in [0.1, 0.15) is 57.5 Å². The maximum Gasteiger partial charge on any atom is 0.166 e. The molecule has 1 saturated carbocycles. The Hall–Kier alpha value is -2.66. The van der Waals surface area contributed by atoms with Crippen LogP contribution in [-0.4, -0.2) is 36.5 Å². The standard InChI is InChI=1S/C24H24O5/c1-2-22(26)18-8-14(23(27)9-16-20-10-28-11-21(16)20)7-17-19(12-29-24(17)18)13-3-5-15(25)6-4-13/h3-8,16,19-21,25H,2,9-12H2,1H3/t16?,19?,20-,21+. The normalized spacial score (nSPS) is 26.5. The van der Waals surface area contributed by atoms with Crippen LogP contribution in [0.2, 0.25) is 0 Å². The van der Waals surface area contributed by atoms with Gasteiger partial charge in [-0.15, -0.1) is 0 Å². The molecule has 5 nitrogen and oxygen atoms in total. The molecule has 2 heterocycles. The summed E-state index contributed by atoms with van der Waals surface area (Å²) in [6.07, 6.45) is 0.878. The summed E-state index contributed by atoms with van der Waals surface area (Å²) in [4.78, 5) is 25.6. The number of fused-ring (bicyclic) bond motifs is 2. The Morgan fingerprint density at radius 3 is 2.45 bits per heavy atom. The lowest BCUT2D eigenvalue weighted by Gasteiger charge is -2.13. The fraction of sp³-hybridized carbons (Fsp3) is 0.417. The number of phenols is 1. The molecule has 2 fully saturated rings. The minimum absolute atomic E-state index is 0.0149. The Morgan fingerprint density at radius 2 is 1.76 bits per heavy atom. The molecule has 4 atom stereocenters. The van der Waals surface area contributed by atoms with Gasteiger partial charge in [0, 0.05) is 29.9 Å². The third-order valence-electron chi connectivity index (χ3n) is 6.68. The molecule has 0 bridgehead atoms. The van der Waals surface area contributed by atoms with Gasteiger partial charge in [-0.3, -0.25) is 9.59 Å². The van der Waals surface area contributed by atoms with E-state index in [0.717, 1.165) is 24.3 Å². The van der Waals surface area contributed by atoms with Gasteiger partial charge in [-0.25, -0.2) is 0 Å². The van der Waals surface area contributed by atoms with Crippen molar-refractivity contribution >= 4 is 11.6 Å². The first-order chi connectivity index (χ1) is 14.1. The van der Waals surface area contributed by atoms with Gasteiger partial charge in [0.1, 0.15) is 11.5 Å². The van der Waals surface area contributed by atoms with Crippen molar-refractivity contribution in [3.63, 3.8) is 0 Å². The predicted molar refractivity (Wildman–Crippen MR) is 107 cm³/mol. The van der Waals surface area contributed by atoms with Crippen molar-refractivity contribution in [3.8, 4) is 11.5 Å². The van der Waals surface area contributed by atoms with Gasteiger partial charge in [0.25, 0.3) is 0 Å². The molecule has 150 valence electrons. The molecule has 2 aromatic rings. The van der Waals surface area contributed by atoms with E-state index in [1.165, 1.54) is 0 Å². The summed E-state index contributed by atoms with van der Waals surface area (Å²) in [6.45, 7) is 3.78. The molecule has 2 aromatic carbocycles. The topological polar surface area (TPSA) is 72.8 Å². The average Bonchev–Trinajstić information content (AvgIpc) is 3.09. The molecule has 1 aliphatic carbocycles. The number of carbonyl (C=O) groups excluding carboxylic acids is 2. The number of rotatable bonds is 6. The van der Waals surface area contributed by atoms with Crippen LogP contribution in [0.3, 0.4) is 0 Å². The third-order valence-corrected chi connectivity index (χ3v) is 6.68. The number of benzene rings is 2. The maximum atomic E-state index is 13.1. The second-order valence-corrected chi connectivity index (χ2v) is 8.33. The van der Waals surface area contributed by atoms with E-state index in [4.69, 9.17) is 9.47 Å². The number of ketones is 2. The molecule has 0 radical (unpaired) electrons. The summed E-state index contributed by atoms with van der Waals surface area (Å²) in [6, 6.07) is 10.6. The Labute approximate surface area is 169 Å². The van der Waals surface area contributed by atoms with Gasteiger partial charge < -0.3 is 14.6 Å². The Balaban J connectivity index is 1.49. The highest BCUT2D eigenvalue weighted by molar-refractivity contribution is 6.04. The first-order valence-corrected chi connectivity index (χ1v) is 10.3. The molecule has 2 unspecified atom stereocenters. The van der Waals surface area contributed by atoms with Crippen molar-refractivity contribution in [1.29, 1.82) is 0 Å². The minimum atomic E-state index is -0.0598. The summed E-state index contributed by atoms with van der Waals surface area (Å²) in [5, 5.41) is 9.59. The average molecular weight is 392 g/mol. The number of carbonyl (C=O) groups is 2. The van der Waals surface area contributed by atoms with Crippen LogP contribution in [-0.2, 0) is 4.74 Å². The van der Waals surface area contributed by atoms with Crippen molar-refractivity contribution in [1.82, 2.24) is 0 Å². The minimum Gasteiger partial charge on any atom is -0.508 e. The number of hydrogen-bond donors (Lipinski definition) is 1. The first kappa shape index (κ1) is 18.4. The van der Waals surface area contributed by atoms with E-state index >= 15 is 0 Å². The quantitative estimate of drug-likeness (QED) is 0.753. The van der Waals surface area contributed by atoms with Crippen molar-refractivity contribution in [2.45, 2.75) is 25.7 Å². The highest BCUT2D eigenvalue weighted by Gasteiger charge is 2.54. The van der Waals surface area contributed by atoms with E-state index in [-0.39, 0.29) is 23.2 Å². The fourth-order valence-electron chi connectivity index (χ4n) is 4.86. The lowest BCUT2D eigenvalue weighted by molar-refractivity contribution is 0.0950. The van der Waals surface area contributed by atoms with Crippen molar-refractivity contribution < 1.29 is 24.2 Å². The highest BCUT2D eigenvalue weighted by atomic mass is 16.5. The van der Waals surface area contributed by atoms with Gasteiger partial charge in [-0.1, -0.05) is 19.1 Å². The largest absolute Gasteiger partial charge is 0.508 e. The van der Waals surface area contributed by atoms with Crippen LogP contribution in [0.25, 0.3) is 0 Å². The van der Waals surface area contributed by atoms with Gasteiger partial charge in [-0.2, -0.15) is 0 Å². The molecule has 3 aliphatic rings. The van der Waals surface area contributed by atoms with E-state index in [9.17, 15) is 14.7 Å². The second kappa shape index (κ2) is 6.99. The summed E-state index contributed by atoms with van der Waals surface area (Å²) in [7, 11) is 0.